The number of carbonyl (C=O) groups is 2. The number of aromatic nitrogens is 2. The predicted molar refractivity (Wildman–Crippen MR) is 186 cm³/mol. The van der Waals surface area contributed by atoms with E-state index in [1.807, 2.05) is 30.5 Å². The van der Waals surface area contributed by atoms with Crippen LogP contribution in [-0.2, 0) is 4.74 Å². The molecule has 1 fully saturated rings. The summed E-state index contributed by atoms with van der Waals surface area (Å²) in [7, 11) is 7.55. The number of benzene rings is 3. The van der Waals surface area contributed by atoms with Crippen molar-refractivity contribution in [2.75, 3.05) is 89.7 Å². The van der Waals surface area contributed by atoms with Gasteiger partial charge in [0.15, 0.2) is 5.82 Å². The Balaban J connectivity index is 1.20. The number of nitrogens with zero attached hydrogens (tertiary/aromatic N) is 7. The number of morpholine rings is 1. The second-order valence-electron chi connectivity index (χ2n) is 12.3. The standard InChI is InChI=1S/C35H41N9O3/c1-41(2)15-16-44-23-27(22-36-44)26-9-14-30-31(21-26)39-32(40-33(30)43-17-19-47-20-18-43)24-5-10-28(11-6-24)37-35(46)38-29-12-7-25(8-13-29)34(45)42(3)4/h5-14,21-22,27H,15-20,23H2,1-4H3,(H2,37,38,46). The van der Waals surface area contributed by atoms with Crippen molar-refractivity contribution < 1.29 is 14.3 Å². The minimum absolute atomic E-state index is 0.0974. The van der Waals surface area contributed by atoms with Crippen molar-refractivity contribution in [3.05, 3.63) is 77.9 Å². The number of amides is 3. The average Bonchev–Trinajstić information content (AvgIpc) is 3.56. The summed E-state index contributed by atoms with van der Waals surface area (Å²) in [4.78, 5) is 40.8. The van der Waals surface area contributed by atoms with E-state index in [1.165, 1.54) is 10.5 Å². The van der Waals surface area contributed by atoms with E-state index < -0.39 is 0 Å². The molecule has 1 saturated heterocycles. The number of anilines is 3. The molecule has 6 rings (SSSR count). The molecule has 244 valence electrons. The summed E-state index contributed by atoms with van der Waals surface area (Å²) >= 11 is 0. The quantitative estimate of drug-likeness (QED) is 0.278. The van der Waals surface area contributed by atoms with Crippen LogP contribution in [0.1, 0.15) is 21.8 Å². The molecule has 2 aliphatic heterocycles. The van der Waals surface area contributed by atoms with Crippen LogP contribution in [-0.4, -0.2) is 117 Å². The van der Waals surface area contributed by atoms with Gasteiger partial charge in [-0.1, -0.05) is 6.07 Å². The van der Waals surface area contributed by atoms with Crippen LogP contribution in [0.3, 0.4) is 0 Å². The van der Waals surface area contributed by atoms with Crippen LogP contribution in [0.4, 0.5) is 22.0 Å². The smallest absolute Gasteiger partial charge is 0.323 e. The number of likely N-dealkylation sites (N-methyl/N-ethyl adjacent to an activating group) is 1. The first-order valence-electron chi connectivity index (χ1n) is 15.8. The third-order valence-electron chi connectivity index (χ3n) is 8.26. The average molecular weight is 636 g/mol. The van der Waals surface area contributed by atoms with Gasteiger partial charge in [-0.05, 0) is 80.3 Å². The summed E-state index contributed by atoms with van der Waals surface area (Å²) in [5, 5.41) is 13.5. The van der Waals surface area contributed by atoms with Crippen LogP contribution in [0.2, 0.25) is 0 Å². The number of nitrogens with one attached hydrogen (secondary N) is 2. The lowest BCUT2D eigenvalue weighted by Gasteiger charge is -2.29. The third kappa shape index (κ3) is 7.67. The van der Waals surface area contributed by atoms with Gasteiger partial charge in [-0.25, -0.2) is 14.8 Å². The Morgan fingerprint density at radius 3 is 2.23 bits per heavy atom. The van der Waals surface area contributed by atoms with Gasteiger partial charge in [0, 0.05) is 86.8 Å². The minimum atomic E-state index is -0.385. The maximum atomic E-state index is 12.7. The summed E-state index contributed by atoms with van der Waals surface area (Å²) in [5.74, 6) is 1.61. The zero-order valence-corrected chi connectivity index (χ0v) is 27.3. The normalized spacial score (nSPS) is 16.1. The van der Waals surface area contributed by atoms with Crippen molar-refractivity contribution in [1.29, 1.82) is 0 Å². The maximum Gasteiger partial charge on any atom is 0.323 e. The van der Waals surface area contributed by atoms with Crippen LogP contribution >= 0.6 is 0 Å². The summed E-state index contributed by atoms with van der Waals surface area (Å²) in [6.45, 7) is 5.51. The lowest BCUT2D eigenvalue weighted by molar-refractivity contribution is 0.0827. The maximum absolute atomic E-state index is 12.7. The molecule has 1 unspecified atom stereocenters. The molecular formula is C35H41N9O3. The Labute approximate surface area is 275 Å². The molecule has 0 bridgehead atoms. The Morgan fingerprint density at radius 1 is 0.894 bits per heavy atom. The predicted octanol–water partition coefficient (Wildman–Crippen LogP) is 4.43. The summed E-state index contributed by atoms with van der Waals surface area (Å²) in [6, 6.07) is 20.4. The molecule has 3 amide bonds. The van der Waals surface area contributed by atoms with Gasteiger partial charge < -0.3 is 30.1 Å². The molecule has 0 spiro atoms. The van der Waals surface area contributed by atoms with E-state index in [4.69, 9.17) is 14.7 Å². The SMILES string of the molecule is CN(C)CCN1CC(c2ccc3c(N4CCOCC4)nc(-c4ccc(NC(=O)Nc5ccc(C(=O)N(C)C)cc5)cc4)nc3c2)C=N1. The highest BCUT2D eigenvalue weighted by Gasteiger charge is 2.22. The van der Waals surface area contributed by atoms with Crippen molar-refractivity contribution in [1.82, 2.24) is 24.8 Å². The number of hydrogen-bond donors (Lipinski definition) is 2. The fourth-order valence-corrected chi connectivity index (χ4v) is 5.61. The molecular weight excluding hydrogens is 594 g/mol. The first-order valence-corrected chi connectivity index (χ1v) is 15.8. The molecule has 0 aliphatic carbocycles. The number of hydrazone groups is 1. The fourth-order valence-electron chi connectivity index (χ4n) is 5.61. The highest BCUT2D eigenvalue weighted by atomic mass is 16.5. The highest BCUT2D eigenvalue weighted by Crippen LogP contribution is 2.32. The summed E-state index contributed by atoms with van der Waals surface area (Å²) in [5.41, 5.74) is 4.66. The van der Waals surface area contributed by atoms with Gasteiger partial charge in [0.2, 0.25) is 0 Å². The molecule has 47 heavy (non-hydrogen) atoms. The topological polar surface area (TPSA) is 119 Å². The van der Waals surface area contributed by atoms with Crippen LogP contribution in [0.5, 0.6) is 0 Å². The zero-order valence-electron chi connectivity index (χ0n) is 27.3. The summed E-state index contributed by atoms with van der Waals surface area (Å²) in [6.07, 6.45) is 2.03. The van der Waals surface area contributed by atoms with Gasteiger partial charge in [0.25, 0.3) is 5.91 Å². The molecule has 2 aliphatic rings. The van der Waals surface area contributed by atoms with Crippen molar-refractivity contribution in [2.45, 2.75) is 5.92 Å². The van der Waals surface area contributed by atoms with Crippen LogP contribution < -0.4 is 15.5 Å². The number of carbonyl (C=O) groups excluding carboxylic acids is 2. The van der Waals surface area contributed by atoms with E-state index in [2.05, 4.69) is 62.8 Å². The Morgan fingerprint density at radius 2 is 1.57 bits per heavy atom. The largest absolute Gasteiger partial charge is 0.378 e. The van der Waals surface area contributed by atoms with Gasteiger partial charge in [-0.2, -0.15) is 5.10 Å². The van der Waals surface area contributed by atoms with Crippen molar-refractivity contribution in [3.8, 4) is 11.4 Å². The number of rotatable bonds is 9. The fraction of sp³-hybridized carbons (Fsp3) is 0.343. The van der Waals surface area contributed by atoms with E-state index in [-0.39, 0.29) is 17.9 Å². The Hall–Kier alpha value is -5.07. The van der Waals surface area contributed by atoms with E-state index in [0.29, 0.717) is 36.0 Å². The molecule has 0 saturated carbocycles. The van der Waals surface area contributed by atoms with Crippen LogP contribution in [0, 0.1) is 0 Å². The van der Waals surface area contributed by atoms with Crippen molar-refractivity contribution in [2.24, 2.45) is 5.10 Å². The van der Waals surface area contributed by atoms with E-state index >= 15 is 0 Å². The molecule has 0 radical (unpaired) electrons. The van der Waals surface area contributed by atoms with Crippen molar-refractivity contribution >= 4 is 46.2 Å². The van der Waals surface area contributed by atoms with Gasteiger partial charge in [-0.15, -0.1) is 0 Å². The van der Waals surface area contributed by atoms with Crippen LogP contribution in [0.25, 0.3) is 22.3 Å². The van der Waals surface area contributed by atoms with Gasteiger partial charge >= 0.3 is 6.03 Å². The third-order valence-corrected chi connectivity index (χ3v) is 8.26. The van der Waals surface area contributed by atoms with Crippen molar-refractivity contribution in [3.63, 3.8) is 0 Å². The monoisotopic (exact) mass is 635 g/mol. The summed E-state index contributed by atoms with van der Waals surface area (Å²) < 4.78 is 5.62. The molecule has 1 aromatic heterocycles. The molecule has 3 heterocycles. The molecule has 1 atom stereocenters. The molecule has 12 heteroatoms. The molecule has 12 nitrogen and oxygen atoms in total. The molecule has 2 N–H and O–H groups in total. The second kappa shape index (κ2) is 14.1. The lowest BCUT2D eigenvalue weighted by atomic mass is 9.99. The first-order chi connectivity index (χ1) is 22.7. The lowest BCUT2D eigenvalue weighted by Crippen LogP contribution is -2.37. The zero-order chi connectivity index (χ0) is 32.9. The van der Waals surface area contributed by atoms with E-state index in [9.17, 15) is 9.59 Å². The van der Waals surface area contributed by atoms with Gasteiger partial charge in [-0.3, -0.25) is 9.80 Å². The molecule has 3 aromatic carbocycles. The second-order valence-corrected chi connectivity index (χ2v) is 12.3. The van der Waals surface area contributed by atoms with Gasteiger partial charge in [0.05, 0.1) is 18.7 Å². The number of ether oxygens (including phenoxy) is 1. The first kappa shape index (κ1) is 31.9. The highest BCUT2D eigenvalue weighted by molar-refractivity contribution is 6.00. The number of urea groups is 1. The van der Waals surface area contributed by atoms with E-state index in [0.717, 1.165) is 55.0 Å². The Kier molecular flexibility index (Phi) is 9.60. The molecule has 4 aromatic rings. The van der Waals surface area contributed by atoms with E-state index in [1.54, 1.807) is 38.4 Å². The van der Waals surface area contributed by atoms with Gasteiger partial charge in [0.1, 0.15) is 5.82 Å². The van der Waals surface area contributed by atoms with Crippen LogP contribution in [0.15, 0.2) is 71.8 Å². The minimum Gasteiger partial charge on any atom is -0.378 e. The Bertz CT molecular complexity index is 1750. The number of fused-ring (bicyclic) bond motifs is 1. The number of hydrogen-bond acceptors (Lipinski definition) is 9.